The molecular formula is C18H22N4O3. The number of morpholine rings is 1. The molecular weight excluding hydrogens is 320 g/mol. The summed E-state index contributed by atoms with van der Waals surface area (Å²) in [5.41, 5.74) is 1.16. The maximum Gasteiger partial charge on any atom is 0.252 e. The van der Waals surface area contributed by atoms with Crippen LogP contribution in [-0.2, 0) is 20.8 Å². The Morgan fingerprint density at radius 3 is 2.92 bits per heavy atom. The van der Waals surface area contributed by atoms with Gasteiger partial charge in [-0.25, -0.2) is 9.67 Å². The van der Waals surface area contributed by atoms with Crippen molar-refractivity contribution in [3.8, 4) is 0 Å². The van der Waals surface area contributed by atoms with E-state index in [2.05, 4.69) is 22.2 Å². The highest BCUT2D eigenvalue weighted by atomic mass is 16.5. The van der Waals surface area contributed by atoms with Gasteiger partial charge in [-0.1, -0.05) is 30.3 Å². The fourth-order valence-electron chi connectivity index (χ4n) is 3.35. The fourth-order valence-corrected chi connectivity index (χ4v) is 3.35. The van der Waals surface area contributed by atoms with Gasteiger partial charge >= 0.3 is 0 Å². The molecule has 0 saturated carbocycles. The maximum atomic E-state index is 12.8. The number of ether oxygens (including phenoxy) is 2. The van der Waals surface area contributed by atoms with E-state index in [1.54, 1.807) is 11.0 Å². The molecule has 0 N–H and O–H groups in total. The Bertz CT molecular complexity index is 712. The standard InChI is InChI=1S/C18H22N4O3/c23-18(16-7-4-9-25-16)22-8-10-24-12-15(22)17-19-13-21(20-17)11-14-5-2-1-3-6-14/h1-3,5-6,13,15-16H,4,7-12H2/t15-,16-/m0/s1. The normalized spacial score (nSPS) is 23.8. The van der Waals surface area contributed by atoms with Gasteiger partial charge in [0.05, 0.1) is 19.8 Å². The molecule has 132 valence electrons. The van der Waals surface area contributed by atoms with Gasteiger partial charge in [0.2, 0.25) is 0 Å². The van der Waals surface area contributed by atoms with Crippen LogP contribution in [0.5, 0.6) is 0 Å². The first-order valence-electron chi connectivity index (χ1n) is 8.74. The molecule has 1 aromatic heterocycles. The van der Waals surface area contributed by atoms with E-state index < -0.39 is 0 Å². The first-order chi connectivity index (χ1) is 12.3. The topological polar surface area (TPSA) is 69.5 Å². The van der Waals surface area contributed by atoms with Gasteiger partial charge in [-0.3, -0.25) is 4.79 Å². The van der Waals surface area contributed by atoms with E-state index in [1.165, 1.54) is 0 Å². The second kappa shape index (κ2) is 7.33. The van der Waals surface area contributed by atoms with Crippen molar-refractivity contribution in [2.24, 2.45) is 0 Å². The van der Waals surface area contributed by atoms with Crippen molar-refractivity contribution in [3.05, 3.63) is 48.0 Å². The lowest BCUT2D eigenvalue weighted by atomic mass is 10.1. The number of nitrogens with zero attached hydrogens (tertiary/aromatic N) is 4. The van der Waals surface area contributed by atoms with Gasteiger partial charge in [0.15, 0.2) is 5.82 Å². The zero-order valence-electron chi connectivity index (χ0n) is 14.1. The van der Waals surface area contributed by atoms with Crippen LogP contribution in [0.25, 0.3) is 0 Å². The third-order valence-corrected chi connectivity index (χ3v) is 4.66. The molecule has 1 amide bonds. The molecule has 0 spiro atoms. The van der Waals surface area contributed by atoms with Crippen molar-refractivity contribution in [2.75, 3.05) is 26.4 Å². The Balaban J connectivity index is 1.49. The summed E-state index contributed by atoms with van der Waals surface area (Å²) in [5.74, 6) is 0.659. The van der Waals surface area contributed by atoms with Crippen LogP contribution in [0.2, 0.25) is 0 Å². The highest BCUT2D eigenvalue weighted by molar-refractivity contribution is 5.81. The molecule has 0 bridgehead atoms. The molecule has 7 heteroatoms. The number of carbonyl (C=O) groups is 1. The molecule has 2 aliphatic rings. The van der Waals surface area contributed by atoms with Gasteiger partial charge < -0.3 is 14.4 Å². The van der Waals surface area contributed by atoms with Gasteiger partial charge in [0.25, 0.3) is 5.91 Å². The minimum Gasteiger partial charge on any atom is -0.377 e. The van der Waals surface area contributed by atoms with Crippen molar-refractivity contribution in [1.29, 1.82) is 0 Å². The average molecular weight is 342 g/mol. The van der Waals surface area contributed by atoms with Crippen LogP contribution >= 0.6 is 0 Å². The van der Waals surface area contributed by atoms with Crippen LogP contribution in [0, 0.1) is 0 Å². The summed E-state index contributed by atoms with van der Waals surface area (Å²) in [6.07, 6.45) is 3.12. The van der Waals surface area contributed by atoms with Crippen LogP contribution in [0.3, 0.4) is 0 Å². The number of benzene rings is 1. The van der Waals surface area contributed by atoms with Gasteiger partial charge in [-0.2, -0.15) is 5.10 Å². The second-order valence-electron chi connectivity index (χ2n) is 6.41. The third-order valence-electron chi connectivity index (χ3n) is 4.66. The minimum absolute atomic E-state index is 0.0326. The lowest BCUT2D eigenvalue weighted by Gasteiger charge is -2.35. The van der Waals surface area contributed by atoms with Crippen molar-refractivity contribution in [2.45, 2.75) is 31.5 Å². The minimum atomic E-state index is -0.327. The molecule has 0 aliphatic carbocycles. The molecule has 25 heavy (non-hydrogen) atoms. The van der Waals surface area contributed by atoms with Crippen molar-refractivity contribution in [1.82, 2.24) is 19.7 Å². The van der Waals surface area contributed by atoms with Crippen molar-refractivity contribution in [3.63, 3.8) is 0 Å². The Morgan fingerprint density at radius 1 is 1.24 bits per heavy atom. The Kier molecular flexibility index (Phi) is 4.76. The van der Waals surface area contributed by atoms with Crippen LogP contribution in [0.4, 0.5) is 0 Å². The average Bonchev–Trinajstić information content (AvgIpc) is 3.34. The summed E-state index contributed by atoms with van der Waals surface area (Å²) in [5, 5.41) is 4.58. The van der Waals surface area contributed by atoms with E-state index in [9.17, 15) is 4.79 Å². The molecule has 7 nitrogen and oxygen atoms in total. The number of aromatic nitrogens is 3. The zero-order valence-corrected chi connectivity index (χ0v) is 14.1. The summed E-state index contributed by atoms with van der Waals surface area (Å²) in [7, 11) is 0. The third kappa shape index (κ3) is 3.57. The number of hydrogen-bond acceptors (Lipinski definition) is 5. The highest BCUT2D eigenvalue weighted by Crippen LogP contribution is 2.25. The summed E-state index contributed by atoms with van der Waals surface area (Å²) in [6, 6.07) is 9.86. The quantitative estimate of drug-likeness (QED) is 0.840. The van der Waals surface area contributed by atoms with Crippen molar-refractivity contribution >= 4 is 5.91 Å². The summed E-state index contributed by atoms with van der Waals surface area (Å²) < 4.78 is 12.9. The highest BCUT2D eigenvalue weighted by Gasteiger charge is 2.36. The summed E-state index contributed by atoms with van der Waals surface area (Å²) >= 11 is 0. The molecule has 0 unspecified atom stereocenters. The SMILES string of the molecule is O=C([C@@H]1CCCO1)N1CCOC[C@H]1c1ncn(Cc2ccccc2)n1. The Hall–Kier alpha value is -2.25. The zero-order chi connectivity index (χ0) is 17.1. The van der Waals surface area contributed by atoms with E-state index in [0.29, 0.717) is 38.7 Å². The molecule has 2 saturated heterocycles. The molecule has 2 aromatic rings. The lowest BCUT2D eigenvalue weighted by molar-refractivity contribution is -0.150. The van der Waals surface area contributed by atoms with E-state index >= 15 is 0 Å². The Morgan fingerprint density at radius 2 is 2.12 bits per heavy atom. The smallest absolute Gasteiger partial charge is 0.252 e. The van der Waals surface area contributed by atoms with E-state index in [1.807, 2.05) is 23.1 Å². The predicted octanol–water partition coefficient (Wildman–Crippen LogP) is 1.41. The van der Waals surface area contributed by atoms with Gasteiger partial charge in [0.1, 0.15) is 18.5 Å². The number of amides is 1. The predicted molar refractivity (Wildman–Crippen MR) is 89.8 cm³/mol. The second-order valence-corrected chi connectivity index (χ2v) is 6.41. The van der Waals surface area contributed by atoms with Gasteiger partial charge in [-0.15, -0.1) is 0 Å². The van der Waals surface area contributed by atoms with Crippen LogP contribution in [0.15, 0.2) is 36.7 Å². The number of rotatable bonds is 4. The monoisotopic (exact) mass is 342 g/mol. The molecule has 2 atom stereocenters. The van der Waals surface area contributed by atoms with Crippen molar-refractivity contribution < 1.29 is 14.3 Å². The molecule has 2 fully saturated rings. The summed E-state index contributed by atoms with van der Waals surface area (Å²) in [6.45, 7) is 2.83. The first kappa shape index (κ1) is 16.2. The summed E-state index contributed by atoms with van der Waals surface area (Å²) in [4.78, 5) is 19.0. The number of carbonyl (C=O) groups excluding carboxylic acids is 1. The van der Waals surface area contributed by atoms with Gasteiger partial charge in [-0.05, 0) is 18.4 Å². The Labute approximate surface area is 146 Å². The van der Waals surface area contributed by atoms with E-state index in [-0.39, 0.29) is 18.1 Å². The number of hydrogen-bond donors (Lipinski definition) is 0. The maximum absolute atomic E-state index is 12.8. The van der Waals surface area contributed by atoms with E-state index in [0.717, 1.165) is 18.4 Å². The van der Waals surface area contributed by atoms with Crippen LogP contribution in [-0.4, -0.2) is 58.0 Å². The van der Waals surface area contributed by atoms with Gasteiger partial charge in [0, 0.05) is 13.2 Å². The molecule has 4 rings (SSSR count). The van der Waals surface area contributed by atoms with Crippen LogP contribution in [0.1, 0.15) is 30.3 Å². The molecule has 0 radical (unpaired) electrons. The first-order valence-corrected chi connectivity index (χ1v) is 8.74. The van der Waals surface area contributed by atoms with E-state index in [4.69, 9.17) is 9.47 Å². The largest absolute Gasteiger partial charge is 0.377 e. The van der Waals surface area contributed by atoms with Crippen LogP contribution < -0.4 is 0 Å². The lowest BCUT2D eigenvalue weighted by Crippen LogP contribution is -2.47. The molecule has 2 aliphatic heterocycles. The fraction of sp³-hybridized carbons (Fsp3) is 0.500. The molecule has 1 aromatic carbocycles. The molecule has 3 heterocycles.